The van der Waals surface area contributed by atoms with Gasteiger partial charge in [0.25, 0.3) is 0 Å². The fraction of sp³-hybridized carbons (Fsp3) is 0.476. The maximum absolute atomic E-state index is 11.8. The molecule has 0 atom stereocenters. The van der Waals surface area contributed by atoms with Crippen LogP contribution in [0.3, 0.4) is 0 Å². The lowest BCUT2D eigenvalue weighted by Crippen LogP contribution is -2.47. The number of aliphatic hydroxyl groups excluding tert-OH is 1. The molecule has 3 rings (SSSR count). The van der Waals surface area contributed by atoms with Gasteiger partial charge in [0.1, 0.15) is 6.61 Å². The van der Waals surface area contributed by atoms with Gasteiger partial charge in [-0.3, -0.25) is 19.7 Å². The topological polar surface area (TPSA) is 69.6 Å². The second-order valence-corrected chi connectivity index (χ2v) is 7.21. The zero-order valence-corrected chi connectivity index (χ0v) is 16.1. The molecule has 0 bridgehead atoms. The number of aromatic nitrogens is 2. The largest absolute Gasteiger partial charge is 0.387 e. The third kappa shape index (κ3) is 4.90. The Kier molecular flexibility index (Phi) is 6.53. The van der Waals surface area contributed by atoms with Gasteiger partial charge in [0, 0.05) is 44.6 Å². The first-order valence-corrected chi connectivity index (χ1v) is 9.52. The normalized spacial score (nSPS) is 15.3. The van der Waals surface area contributed by atoms with Crippen LogP contribution in [0.25, 0.3) is 0 Å². The molecule has 144 valence electrons. The first kappa shape index (κ1) is 19.5. The molecule has 0 aromatic carbocycles. The van der Waals surface area contributed by atoms with Crippen LogP contribution in [-0.2, 0) is 17.9 Å². The highest BCUT2D eigenvalue weighted by molar-refractivity contribution is 5.77. The van der Waals surface area contributed by atoms with Crippen molar-refractivity contribution >= 4 is 5.91 Å². The second kappa shape index (κ2) is 9.06. The fourth-order valence-electron chi connectivity index (χ4n) is 3.65. The van der Waals surface area contributed by atoms with E-state index in [1.165, 1.54) is 11.1 Å². The lowest BCUT2D eigenvalue weighted by Gasteiger charge is -2.38. The highest BCUT2D eigenvalue weighted by Crippen LogP contribution is 2.22. The number of pyridine rings is 2. The lowest BCUT2D eigenvalue weighted by atomic mass is 10.0. The molecule has 1 amide bonds. The first-order valence-electron chi connectivity index (χ1n) is 9.52. The summed E-state index contributed by atoms with van der Waals surface area (Å²) in [6.45, 7) is 6.67. The molecule has 27 heavy (non-hydrogen) atoms. The summed E-state index contributed by atoms with van der Waals surface area (Å²) in [4.78, 5) is 25.1. The van der Waals surface area contributed by atoms with E-state index in [2.05, 4.69) is 40.8 Å². The number of carbonyl (C=O) groups is 1. The number of carbonyl (C=O) groups excluding carboxylic acids is 1. The Hall–Kier alpha value is -2.31. The number of nitrogens with zero attached hydrogens (tertiary/aromatic N) is 4. The number of piperidine rings is 1. The lowest BCUT2D eigenvalue weighted by molar-refractivity contribution is -0.135. The monoisotopic (exact) mass is 368 g/mol. The highest BCUT2D eigenvalue weighted by atomic mass is 16.3. The zero-order chi connectivity index (χ0) is 19.2. The van der Waals surface area contributed by atoms with E-state index in [0.29, 0.717) is 19.1 Å². The van der Waals surface area contributed by atoms with Gasteiger partial charge in [-0.1, -0.05) is 12.1 Å². The van der Waals surface area contributed by atoms with Gasteiger partial charge in [-0.15, -0.1) is 0 Å². The number of rotatable bonds is 6. The third-order valence-electron chi connectivity index (χ3n) is 5.41. The molecule has 1 fully saturated rings. The van der Waals surface area contributed by atoms with E-state index < -0.39 is 6.61 Å². The van der Waals surface area contributed by atoms with Crippen molar-refractivity contribution in [2.45, 2.75) is 45.8 Å². The standard InChI is InChI=1S/C21H28N4O2/c1-16-5-3-9-22-19(16)13-25(14-20-17(2)6-4-10-23-20)18-7-11-24(12-8-18)21(27)15-26/h3-6,9-10,18,26H,7-8,11-15H2,1-2H3. The van der Waals surface area contributed by atoms with Crippen molar-refractivity contribution in [2.24, 2.45) is 0 Å². The minimum atomic E-state index is -0.408. The van der Waals surface area contributed by atoms with Gasteiger partial charge in [-0.2, -0.15) is 0 Å². The molecule has 0 saturated carbocycles. The number of amides is 1. The Bertz CT molecular complexity index is 725. The van der Waals surface area contributed by atoms with Crippen molar-refractivity contribution in [3.63, 3.8) is 0 Å². The van der Waals surface area contributed by atoms with Crippen LogP contribution in [0.5, 0.6) is 0 Å². The van der Waals surface area contributed by atoms with Gasteiger partial charge in [0.05, 0.1) is 11.4 Å². The van der Waals surface area contributed by atoms with Crippen LogP contribution in [0.2, 0.25) is 0 Å². The van der Waals surface area contributed by atoms with Crippen molar-refractivity contribution in [3.8, 4) is 0 Å². The van der Waals surface area contributed by atoms with Crippen molar-refractivity contribution in [3.05, 3.63) is 59.2 Å². The molecule has 2 aromatic rings. The molecule has 3 heterocycles. The quantitative estimate of drug-likeness (QED) is 0.845. The number of hydrogen-bond donors (Lipinski definition) is 1. The Balaban J connectivity index is 1.77. The summed E-state index contributed by atoms with van der Waals surface area (Å²) < 4.78 is 0. The van der Waals surface area contributed by atoms with E-state index >= 15 is 0 Å². The molecular formula is C21H28N4O2. The fourth-order valence-corrected chi connectivity index (χ4v) is 3.65. The van der Waals surface area contributed by atoms with Crippen LogP contribution in [0.1, 0.15) is 35.4 Å². The van der Waals surface area contributed by atoms with Crippen LogP contribution >= 0.6 is 0 Å². The molecule has 1 saturated heterocycles. The SMILES string of the molecule is Cc1cccnc1CN(Cc1ncccc1C)C1CCN(C(=O)CO)CC1. The number of hydrogen-bond acceptors (Lipinski definition) is 5. The van der Waals surface area contributed by atoms with Gasteiger partial charge < -0.3 is 10.0 Å². The Morgan fingerprint density at radius 2 is 1.59 bits per heavy atom. The van der Waals surface area contributed by atoms with Crippen molar-refractivity contribution in [1.82, 2.24) is 19.8 Å². The van der Waals surface area contributed by atoms with Crippen LogP contribution in [0.15, 0.2) is 36.7 Å². The van der Waals surface area contributed by atoms with Gasteiger partial charge >= 0.3 is 0 Å². The van der Waals surface area contributed by atoms with E-state index in [1.54, 1.807) is 4.90 Å². The maximum Gasteiger partial charge on any atom is 0.248 e. The molecule has 0 spiro atoms. The second-order valence-electron chi connectivity index (χ2n) is 7.21. The molecule has 6 heteroatoms. The summed E-state index contributed by atoms with van der Waals surface area (Å²) in [5, 5.41) is 9.09. The molecular weight excluding hydrogens is 340 g/mol. The molecule has 0 aliphatic carbocycles. The van der Waals surface area contributed by atoms with Crippen molar-refractivity contribution < 1.29 is 9.90 Å². The summed E-state index contributed by atoms with van der Waals surface area (Å²) in [6, 6.07) is 8.47. The summed E-state index contributed by atoms with van der Waals surface area (Å²) in [5.74, 6) is -0.179. The molecule has 0 unspecified atom stereocenters. The summed E-state index contributed by atoms with van der Waals surface area (Å²) in [7, 11) is 0. The smallest absolute Gasteiger partial charge is 0.248 e. The van der Waals surface area contributed by atoms with E-state index in [0.717, 1.165) is 37.3 Å². The zero-order valence-electron chi connectivity index (χ0n) is 16.1. The number of likely N-dealkylation sites (tertiary alicyclic amines) is 1. The first-order chi connectivity index (χ1) is 13.1. The van der Waals surface area contributed by atoms with E-state index in [9.17, 15) is 4.79 Å². The average molecular weight is 368 g/mol. The molecule has 1 N–H and O–H groups in total. The van der Waals surface area contributed by atoms with Gasteiger partial charge in [-0.05, 0) is 49.9 Å². The van der Waals surface area contributed by atoms with Gasteiger partial charge in [-0.25, -0.2) is 0 Å². The molecule has 2 aromatic heterocycles. The van der Waals surface area contributed by atoms with Crippen molar-refractivity contribution in [2.75, 3.05) is 19.7 Å². The average Bonchev–Trinajstić information content (AvgIpc) is 2.70. The Morgan fingerprint density at radius 3 is 2.04 bits per heavy atom. The number of aliphatic hydroxyl groups is 1. The number of aryl methyl sites for hydroxylation is 2. The molecule has 1 aliphatic heterocycles. The van der Waals surface area contributed by atoms with Gasteiger partial charge in [0.2, 0.25) is 5.91 Å². The van der Waals surface area contributed by atoms with E-state index in [-0.39, 0.29) is 5.91 Å². The van der Waals surface area contributed by atoms with Crippen LogP contribution < -0.4 is 0 Å². The minimum absolute atomic E-state index is 0.179. The molecule has 1 aliphatic rings. The Morgan fingerprint density at radius 1 is 1.07 bits per heavy atom. The van der Waals surface area contributed by atoms with Crippen LogP contribution in [0, 0.1) is 13.8 Å². The predicted molar refractivity (Wildman–Crippen MR) is 104 cm³/mol. The summed E-state index contributed by atoms with van der Waals surface area (Å²) in [5.41, 5.74) is 4.54. The van der Waals surface area contributed by atoms with E-state index in [4.69, 9.17) is 5.11 Å². The van der Waals surface area contributed by atoms with Crippen molar-refractivity contribution in [1.29, 1.82) is 0 Å². The maximum atomic E-state index is 11.8. The predicted octanol–water partition coefficient (Wildman–Crippen LogP) is 2.08. The van der Waals surface area contributed by atoms with Crippen LogP contribution in [0.4, 0.5) is 0 Å². The minimum Gasteiger partial charge on any atom is -0.387 e. The summed E-state index contributed by atoms with van der Waals surface area (Å²) in [6.07, 6.45) is 5.47. The Labute approximate surface area is 160 Å². The van der Waals surface area contributed by atoms with E-state index in [1.807, 2.05) is 24.5 Å². The highest BCUT2D eigenvalue weighted by Gasteiger charge is 2.27. The van der Waals surface area contributed by atoms with Gasteiger partial charge in [0.15, 0.2) is 0 Å². The van der Waals surface area contributed by atoms with Crippen LogP contribution in [-0.4, -0.2) is 56.5 Å². The molecule has 0 radical (unpaired) electrons. The summed E-state index contributed by atoms with van der Waals surface area (Å²) >= 11 is 0. The molecule has 6 nitrogen and oxygen atoms in total. The third-order valence-corrected chi connectivity index (χ3v) is 5.41.